The fourth-order valence-electron chi connectivity index (χ4n) is 1.82. The van der Waals surface area contributed by atoms with E-state index in [0.717, 1.165) is 21.0 Å². The number of hydrogen-bond donors (Lipinski definition) is 0. The maximum absolute atomic E-state index is 12.3. The molecule has 0 aromatic carbocycles. The second-order valence-corrected chi connectivity index (χ2v) is 5.43. The first-order valence-corrected chi connectivity index (χ1v) is 6.32. The molecule has 3 aromatic rings. The second kappa shape index (κ2) is 4.06. The predicted octanol–water partition coefficient (Wildman–Crippen LogP) is 2.11. The van der Waals surface area contributed by atoms with Crippen LogP contribution in [0, 0.1) is 13.8 Å². The van der Waals surface area contributed by atoms with Crippen molar-refractivity contribution in [3.63, 3.8) is 0 Å². The van der Waals surface area contributed by atoms with E-state index in [-0.39, 0.29) is 5.56 Å². The van der Waals surface area contributed by atoms with Gasteiger partial charge in [0.15, 0.2) is 0 Å². The van der Waals surface area contributed by atoms with Crippen LogP contribution in [0.5, 0.6) is 0 Å². The third kappa shape index (κ3) is 1.74. The first kappa shape index (κ1) is 11.2. The highest BCUT2D eigenvalue weighted by molar-refractivity contribution is 7.18. The highest BCUT2D eigenvalue weighted by atomic mass is 32.1. The van der Waals surface area contributed by atoms with Crippen LogP contribution in [0.2, 0.25) is 0 Å². The summed E-state index contributed by atoms with van der Waals surface area (Å²) in [6.07, 6.45) is 3.13. The van der Waals surface area contributed by atoms with Crippen molar-refractivity contribution in [1.29, 1.82) is 0 Å². The van der Waals surface area contributed by atoms with Gasteiger partial charge in [0.1, 0.15) is 16.8 Å². The summed E-state index contributed by atoms with van der Waals surface area (Å²) in [6.45, 7) is 4.26. The van der Waals surface area contributed by atoms with Gasteiger partial charge >= 0.3 is 0 Å². The predicted molar refractivity (Wildman–Crippen MR) is 69.0 cm³/mol. The Morgan fingerprint density at radius 3 is 3.00 bits per heavy atom. The minimum atomic E-state index is -0.0354. The molecular weight excluding hydrogens is 250 g/mol. The summed E-state index contributed by atoms with van der Waals surface area (Å²) in [5.74, 6) is 0. The molecule has 0 aliphatic heterocycles. The summed E-state index contributed by atoms with van der Waals surface area (Å²) >= 11 is 1.53. The van der Waals surface area contributed by atoms with Gasteiger partial charge in [-0.1, -0.05) is 5.16 Å². The zero-order valence-electron chi connectivity index (χ0n) is 10.0. The lowest BCUT2D eigenvalue weighted by Crippen LogP contribution is -2.20. The first-order valence-electron chi connectivity index (χ1n) is 5.50. The highest BCUT2D eigenvalue weighted by Crippen LogP contribution is 2.19. The molecule has 0 radical (unpaired) electrons. The number of nitrogens with zero attached hydrogens (tertiary/aromatic N) is 3. The van der Waals surface area contributed by atoms with Crippen LogP contribution >= 0.6 is 11.3 Å². The van der Waals surface area contributed by atoms with E-state index in [0.29, 0.717) is 11.9 Å². The topological polar surface area (TPSA) is 60.9 Å². The van der Waals surface area contributed by atoms with Crippen molar-refractivity contribution in [2.24, 2.45) is 0 Å². The van der Waals surface area contributed by atoms with Crippen molar-refractivity contribution in [2.75, 3.05) is 0 Å². The lowest BCUT2D eigenvalue weighted by molar-refractivity contribution is 0.409. The largest absolute Gasteiger partial charge is 0.364 e. The van der Waals surface area contributed by atoms with Crippen LogP contribution in [-0.4, -0.2) is 14.7 Å². The number of aryl methyl sites for hydroxylation is 2. The summed E-state index contributed by atoms with van der Waals surface area (Å²) in [5, 5.41) is 4.55. The standard InChI is InChI=1S/C12H11N3O2S/c1-7-5-17-14-10(7)4-15-6-13-11-9(12(15)16)3-8(2)18-11/h3,5-6H,4H2,1-2H3. The Kier molecular flexibility index (Phi) is 2.52. The fraction of sp³-hybridized carbons (Fsp3) is 0.250. The zero-order chi connectivity index (χ0) is 12.7. The van der Waals surface area contributed by atoms with Crippen molar-refractivity contribution in [1.82, 2.24) is 14.7 Å². The van der Waals surface area contributed by atoms with Gasteiger partial charge in [0.25, 0.3) is 5.56 Å². The molecule has 0 unspecified atom stereocenters. The second-order valence-electron chi connectivity index (χ2n) is 4.20. The average Bonchev–Trinajstić information content (AvgIpc) is 2.90. The molecule has 0 spiro atoms. The minimum absolute atomic E-state index is 0.0354. The van der Waals surface area contributed by atoms with E-state index in [9.17, 15) is 4.79 Å². The molecule has 5 nitrogen and oxygen atoms in total. The Hall–Kier alpha value is -1.95. The Labute approximate surface area is 107 Å². The SMILES string of the molecule is Cc1cc2c(=O)n(Cc3nocc3C)cnc2s1. The van der Waals surface area contributed by atoms with E-state index >= 15 is 0 Å². The van der Waals surface area contributed by atoms with E-state index in [4.69, 9.17) is 4.52 Å². The summed E-state index contributed by atoms with van der Waals surface area (Å²) in [4.78, 5) is 18.4. The average molecular weight is 261 g/mol. The summed E-state index contributed by atoms with van der Waals surface area (Å²) in [5.41, 5.74) is 1.65. The monoisotopic (exact) mass is 261 g/mol. The van der Waals surface area contributed by atoms with Gasteiger partial charge in [-0.2, -0.15) is 0 Å². The highest BCUT2D eigenvalue weighted by Gasteiger charge is 2.10. The van der Waals surface area contributed by atoms with Crippen molar-refractivity contribution >= 4 is 21.6 Å². The molecule has 0 aliphatic carbocycles. The van der Waals surface area contributed by atoms with Gasteiger partial charge in [-0.25, -0.2) is 4.98 Å². The van der Waals surface area contributed by atoms with Gasteiger partial charge in [-0.05, 0) is 19.9 Å². The smallest absolute Gasteiger partial charge is 0.262 e. The maximum atomic E-state index is 12.3. The van der Waals surface area contributed by atoms with Crippen molar-refractivity contribution in [3.8, 4) is 0 Å². The number of rotatable bonds is 2. The zero-order valence-corrected chi connectivity index (χ0v) is 10.8. The molecular formula is C12H11N3O2S. The Bertz CT molecular complexity index is 769. The molecule has 18 heavy (non-hydrogen) atoms. The quantitative estimate of drug-likeness (QED) is 0.709. The molecule has 3 aromatic heterocycles. The summed E-state index contributed by atoms with van der Waals surface area (Å²) < 4.78 is 6.42. The molecule has 0 atom stereocenters. The van der Waals surface area contributed by atoms with E-state index in [1.807, 2.05) is 19.9 Å². The Balaban J connectivity index is 2.10. The maximum Gasteiger partial charge on any atom is 0.262 e. The Morgan fingerprint density at radius 2 is 2.28 bits per heavy atom. The summed E-state index contributed by atoms with van der Waals surface area (Å²) in [7, 11) is 0. The third-order valence-electron chi connectivity index (χ3n) is 2.81. The van der Waals surface area contributed by atoms with Crippen LogP contribution < -0.4 is 5.56 Å². The molecule has 0 saturated heterocycles. The van der Waals surface area contributed by atoms with Crippen LogP contribution in [-0.2, 0) is 6.54 Å². The van der Waals surface area contributed by atoms with Crippen LogP contribution in [0.3, 0.4) is 0 Å². The van der Waals surface area contributed by atoms with Crippen LogP contribution in [0.25, 0.3) is 10.2 Å². The molecule has 6 heteroatoms. The van der Waals surface area contributed by atoms with E-state index in [2.05, 4.69) is 10.1 Å². The first-order chi connectivity index (χ1) is 8.65. The molecule has 0 aliphatic rings. The van der Waals surface area contributed by atoms with Gasteiger partial charge < -0.3 is 4.52 Å². The van der Waals surface area contributed by atoms with Crippen LogP contribution in [0.15, 0.2) is 28.0 Å². The normalized spacial score (nSPS) is 11.2. The van der Waals surface area contributed by atoms with Crippen LogP contribution in [0.1, 0.15) is 16.1 Å². The molecule has 0 N–H and O–H groups in total. The molecule has 0 amide bonds. The minimum Gasteiger partial charge on any atom is -0.364 e. The molecule has 3 rings (SSSR count). The van der Waals surface area contributed by atoms with Gasteiger partial charge in [-0.15, -0.1) is 11.3 Å². The van der Waals surface area contributed by atoms with Crippen molar-refractivity contribution in [2.45, 2.75) is 20.4 Å². The lowest BCUT2D eigenvalue weighted by atomic mass is 10.3. The number of thiophene rings is 1. The van der Waals surface area contributed by atoms with Gasteiger partial charge in [0.05, 0.1) is 18.3 Å². The van der Waals surface area contributed by atoms with Gasteiger partial charge in [0, 0.05) is 10.4 Å². The van der Waals surface area contributed by atoms with Gasteiger partial charge in [0.2, 0.25) is 0 Å². The Morgan fingerprint density at radius 1 is 1.44 bits per heavy atom. The fourth-order valence-corrected chi connectivity index (χ4v) is 2.65. The van der Waals surface area contributed by atoms with Gasteiger partial charge in [-0.3, -0.25) is 9.36 Å². The number of hydrogen-bond acceptors (Lipinski definition) is 5. The van der Waals surface area contributed by atoms with Crippen LogP contribution in [0.4, 0.5) is 0 Å². The molecule has 0 fully saturated rings. The molecule has 0 saturated carbocycles. The van der Waals surface area contributed by atoms with E-state index in [1.165, 1.54) is 11.3 Å². The van der Waals surface area contributed by atoms with E-state index in [1.54, 1.807) is 17.2 Å². The molecule has 92 valence electrons. The number of fused-ring (bicyclic) bond motifs is 1. The van der Waals surface area contributed by atoms with Crippen molar-refractivity contribution in [3.05, 3.63) is 45.1 Å². The van der Waals surface area contributed by atoms with Crippen molar-refractivity contribution < 1.29 is 4.52 Å². The molecule has 3 heterocycles. The summed E-state index contributed by atoms with van der Waals surface area (Å²) in [6, 6.07) is 1.88. The third-order valence-corrected chi connectivity index (χ3v) is 3.77. The van der Waals surface area contributed by atoms with E-state index < -0.39 is 0 Å². The molecule has 0 bridgehead atoms. The number of aromatic nitrogens is 3. The lowest BCUT2D eigenvalue weighted by Gasteiger charge is -2.02.